The van der Waals surface area contributed by atoms with Crippen LogP contribution in [0.2, 0.25) is 0 Å². The van der Waals surface area contributed by atoms with Gasteiger partial charge < -0.3 is 15.2 Å². The second-order valence-corrected chi connectivity index (χ2v) is 2.44. The Hall–Kier alpha value is -0.0348. The van der Waals surface area contributed by atoms with Crippen LogP contribution in [-0.2, 0) is 0 Å². The zero-order chi connectivity index (χ0) is 9.84. The fraction of sp³-hybridized carbons (Fsp3) is 0.111. The Bertz CT molecular complexity index is 334. The molecule has 0 aromatic heterocycles. The Labute approximate surface area is 130 Å². The van der Waals surface area contributed by atoms with Crippen LogP contribution in [0.25, 0.3) is 0 Å². The Morgan fingerprint density at radius 3 is 1.93 bits per heavy atom. The number of nitrogens with one attached hydrogen (secondary N) is 1. The third-order valence-electron chi connectivity index (χ3n) is 1.61. The quantitative estimate of drug-likeness (QED) is 0.600. The third kappa shape index (κ3) is 3.61. The number of hydrogen-bond donors (Lipinski definition) is 1. The van der Waals surface area contributed by atoms with Gasteiger partial charge in [-0.3, -0.25) is 4.79 Å². The first-order chi connectivity index (χ1) is 6.15. The molecule has 0 saturated heterocycles. The van der Waals surface area contributed by atoms with Crippen molar-refractivity contribution in [2.45, 2.75) is 0 Å². The second-order valence-electron chi connectivity index (χ2n) is 2.44. The van der Waals surface area contributed by atoms with E-state index < -0.39 is 5.97 Å². The molecule has 0 radical (unpaired) electrons. The van der Waals surface area contributed by atoms with Crippen LogP contribution in [0.3, 0.4) is 0 Å². The molecule has 1 aromatic rings. The number of rotatable bonds is 2. The van der Waals surface area contributed by atoms with Crippen molar-refractivity contribution in [1.29, 1.82) is 0 Å². The zero-order valence-corrected chi connectivity index (χ0v) is 13.0. The van der Waals surface area contributed by atoms with E-state index >= 15 is 0 Å². The van der Waals surface area contributed by atoms with Crippen molar-refractivity contribution >= 4 is 11.9 Å². The number of benzene rings is 1. The van der Waals surface area contributed by atoms with Crippen LogP contribution in [-0.4, -0.2) is 18.9 Å². The molecule has 1 rings (SSSR count). The topological polar surface area (TPSA) is 69.2 Å². The van der Waals surface area contributed by atoms with Gasteiger partial charge in [0.1, 0.15) is 0 Å². The predicted octanol–water partition coefficient (Wildman–Crippen LogP) is -3.59. The Kier molecular flexibility index (Phi) is 6.43. The molecule has 0 heterocycles. The first-order valence-electron chi connectivity index (χ1n) is 3.68. The summed E-state index contributed by atoms with van der Waals surface area (Å²) in [5.41, 5.74) is 0.486. The molecule has 1 N–H and O–H groups in total. The predicted molar refractivity (Wildman–Crippen MR) is 44.2 cm³/mol. The number of carbonyl (C=O) groups excluding carboxylic acids is 2. The van der Waals surface area contributed by atoms with Gasteiger partial charge in [0.05, 0.1) is 5.97 Å². The summed E-state index contributed by atoms with van der Waals surface area (Å²) in [6.45, 7) is 0. The Balaban J connectivity index is 0.00000169. The second kappa shape index (κ2) is 6.45. The minimum absolute atomic E-state index is 0. The maximum absolute atomic E-state index is 11.0. The van der Waals surface area contributed by atoms with Gasteiger partial charge in [-0.2, -0.15) is 0 Å². The van der Waals surface area contributed by atoms with E-state index in [1.165, 1.54) is 31.3 Å². The molecule has 0 spiro atoms. The van der Waals surface area contributed by atoms with Gasteiger partial charge in [-0.15, -0.1) is 0 Å². The molecular weight excluding hydrogens is 256 g/mol. The summed E-state index contributed by atoms with van der Waals surface area (Å²) in [6.07, 6.45) is 0. The normalized spacial score (nSPS) is 8.64. The van der Waals surface area contributed by atoms with E-state index in [0.717, 1.165) is 0 Å². The molecule has 0 bridgehead atoms. The van der Waals surface area contributed by atoms with Crippen LogP contribution >= 0.6 is 0 Å². The van der Waals surface area contributed by atoms with Gasteiger partial charge in [0, 0.05) is 12.6 Å². The summed E-state index contributed by atoms with van der Waals surface area (Å²) < 4.78 is 0. The number of carboxylic acids is 1. The minimum Gasteiger partial charge on any atom is -0.545 e. The first kappa shape index (κ1) is 14.0. The Morgan fingerprint density at radius 1 is 1.14 bits per heavy atom. The third-order valence-corrected chi connectivity index (χ3v) is 1.61. The van der Waals surface area contributed by atoms with Crippen molar-refractivity contribution in [3.63, 3.8) is 0 Å². The van der Waals surface area contributed by atoms with Crippen LogP contribution in [0.1, 0.15) is 20.7 Å². The van der Waals surface area contributed by atoms with Gasteiger partial charge >= 0.3 is 58.2 Å². The smallest absolute Gasteiger partial charge is 0.545 e. The Morgan fingerprint density at radius 2 is 1.57 bits per heavy atom. The summed E-state index contributed by atoms with van der Waals surface area (Å²) in [7, 11) is 1.51. The van der Waals surface area contributed by atoms with E-state index in [0.29, 0.717) is 5.56 Å². The molecule has 1 amide bonds. The summed E-state index contributed by atoms with van der Waals surface area (Å²) in [5.74, 6) is -1.49. The first-order valence-corrected chi connectivity index (χ1v) is 3.68. The van der Waals surface area contributed by atoms with E-state index in [2.05, 4.69) is 5.32 Å². The van der Waals surface area contributed by atoms with Crippen molar-refractivity contribution in [2.24, 2.45) is 0 Å². The molecule has 1 aromatic carbocycles. The maximum Gasteiger partial charge on any atom is 1.00 e. The average molecular weight is 264 g/mol. The molecule has 5 heteroatoms. The molecule has 0 aliphatic heterocycles. The van der Waals surface area contributed by atoms with Gasteiger partial charge in [-0.25, -0.2) is 0 Å². The van der Waals surface area contributed by atoms with Gasteiger partial charge in [0.15, 0.2) is 0 Å². The molecule has 0 saturated carbocycles. The van der Waals surface area contributed by atoms with E-state index in [9.17, 15) is 14.7 Å². The standard InChI is InChI=1S/C9H9NO3.Rb/c1-10-8(11)6-2-4-7(5-3-6)9(12)13;/h2-5H,1H3,(H,10,11)(H,12,13);/q;+1/p-1. The van der Waals surface area contributed by atoms with Crippen LogP contribution in [0.4, 0.5) is 0 Å². The molecule has 14 heavy (non-hydrogen) atoms. The number of carboxylic acid groups (broad SMARTS) is 1. The summed E-state index contributed by atoms with van der Waals surface area (Å²) >= 11 is 0. The van der Waals surface area contributed by atoms with E-state index in [1.54, 1.807) is 0 Å². The monoisotopic (exact) mass is 263 g/mol. The van der Waals surface area contributed by atoms with E-state index in [-0.39, 0.29) is 69.7 Å². The fourth-order valence-corrected chi connectivity index (χ4v) is 0.902. The molecule has 0 aliphatic carbocycles. The van der Waals surface area contributed by atoms with Crippen molar-refractivity contribution in [3.05, 3.63) is 35.4 Å². The van der Waals surface area contributed by atoms with Crippen LogP contribution in [0.5, 0.6) is 0 Å². The molecule has 0 atom stereocenters. The number of aromatic carboxylic acids is 1. The average Bonchev–Trinajstić information content (AvgIpc) is 2.17. The van der Waals surface area contributed by atoms with Crippen molar-refractivity contribution in [1.82, 2.24) is 5.32 Å². The van der Waals surface area contributed by atoms with Gasteiger partial charge in [0.25, 0.3) is 5.91 Å². The van der Waals surface area contributed by atoms with E-state index in [4.69, 9.17) is 0 Å². The SMILES string of the molecule is CNC(=O)c1ccc(C(=O)[O-])cc1.[Rb+]. The number of carbonyl (C=O) groups is 2. The van der Waals surface area contributed by atoms with Gasteiger partial charge in [-0.05, 0) is 17.7 Å². The van der Waals surface area contributed by atoms with Crippen LogP contribution in [0, 0.1) is 0 Å². The number of amides is 1. The fourth-order valence-electron chi connectivity index (χ4n) is 0.902. The molecule has 4 nitrogen and oxygen atoms in total. The van der Waals surface area contributed by atoms with Crippen LogP contribution < -0.4 is 68.6 Å². The molecule has 0 fully saturated rings. The maximum atomic E-state index is 11.0. The summed E-state index contributed by atoms with van der Waals surface area (Å²) in [4.78, 5) is 21.4. The van der Waals surface area contributed by atoms with Gasteiger partial charge in [-0.1, -0.05) is 12.1 Å². The van der Waals surface area contributed by atoms with Gasteiger partial charge in [0.2, 0.25) is 0 Å². The molecular formula is C9H8NO3Rb. The largest absolute Gasteiger partial charge is 1.00 e. The van der Waals surface area contributed by atoms with Crippen molar-refractivity contribution < 1.29 is 72.9 Å². The molecule has 68 valence electrons. The zero-order valence-electron chi connectivity index (χ0n) is 8.03. The summed E-state index contributed by atoms with van der Waals surface area (Å²) in [6, 6.07) is 5.54. The minimum atomic E-state index is -1.25. The van der Waals surface area contributed by atoms with Crippen LogP contribution in [0.15, 0.2) is 24.3 Å². The van der Waals surface area contributed by atoms with Crippen molar-refractivity contribution in [3.8, 4) is 0 Å². The number of hydrogen-bond acceptors (Lipinski definition) is 3. The van der Waals surface area contributed by atoms with Crippen molar-refractivity contribution in [2.75, 3.05) is 7.05 Å². The molecule has 0 aliphatic rings. The summed E-state index contributed by atoms with van der Waals surface area (Å²) in [5, 5.41) is 12.8. The van der Waals surface area contributed by atoms with E-state index in [1.807, 2.05) is 0 Å². The molecule has 0 unspecified atom stereocenters.